The van der Waals surface area contributed by atoms with E-state index in [2.05, 4.69) is 20.2 Å². The van der Waals surface area contributed by atoms with Gasteiger partial charge in [0.2, 0.25) is 15.9 Å². The van der Waals surface area contributed by atoms with E-state index in [1.165, 1.54) is 0 Å². The van der Waals surface area contributed by atoms with Gasteiger partial charge in [0.05, 0.1) is 12.8 Å². The van der Waals surface area contributed by atoms with Gasteiger partial charge in [0.1, 0.15) is 0 Å². The minimum atomic E-state index is -3.28. The molecular formula is C14H20N4O3S. The van der Waals surface area contributed by atoms with Crippen LogP contribution in [0.5, 0.6) is 0 Å². The molecule has 0 spiro atoms. The molecule has 2 N–H and O–H groups in total. The monoisotopic (exact) mass is 324 g/mol. The Hall–Kier alpha value is -1.93. The molecule has 120 valence electrons. The zero-order valence-electron chi connectivity index (χ0n) is 12.8. The lowest BCUT2D eigenvalue weighted by atomic mass is 10.1. The van der Waals surface area contributed by atoms with Gasteiger partial charge in [0, 0.05) is 18.2 Å². The maximum absolute atomic E-state index is 11.3. The third-order valence-corrected chi connectivity index (χ3v) is 3.68. The van der Waals surface area contributed by atoms with Crippen molar-refractivity contribution < 1.29 is 12.9 Å². The lowest BCUT2D eigenvalue weighted by Gasteiger charge is -2.14. The third-order valence-electron chi connectivity index (χ3n) is 3.08. The van der Waals surface area contributed by atoms with Crippen LogP contribution in [0.2, 0.25) is 0 Å². The molecule has 1 aromatic heterocycles. The van der Waals surface area contributed by atoms with Gasteiger partial charge in [0.25, 0.3) is 0 Å². The highest BCUT2D eigenvalue weighted by molar-refractivity contribution is 7.92. The average molecular weight is 324 g/mol. The summed E-state index contributed by atoms with van der Waals surface area (Å²) >= 11 is 0. The number of rotatable bonds is 7. The summed E-state index contributed by atoms with van der Waals surface area (Å²) in [4.78, 5) is 4.23. The van der Waals surface area contributed by atoms with Crippen molar-refractivity contribution in [1.29, 1.82) is 0 Å². The van der Waals surface area contributed by atoms with Crippen molar-refractivity contribution in [3.8, 4) is 0 Å². The number of benzene rings is 1. The minimum Gasteiger partial charge on any atom is -0.338 e. The standard InChI is InChI=1S/C14H20N4O3S/c1-4-13-16-14(21-17-13)9-15-10(2)11-6-5-7-12(8-11)18-22(3,19)20/h5-8,10,15,18H,4,9H2,1-3H3. The van der Waals surface area contributed by atoms with Crippen molar-refractivity contribution in [3.05, 3.63) is 41.5 Å². The fourth-order valence-corrected chi connectivity index (χ4v) is 2.50. The minimum absolute atomic E-state index is 0.0123. The van der Waals surface area contributed by atoms with Crippen LogP contribution in [-0.2, 0) is 23.0 Å². The molecule has 1 atom stereocenters. The normalized spacial score (nSPS) is 13.0. The molecule has 1 heterocycles. The van der Waals surface area contributed by atoms with Crippen LogP contribution in [-0.4, -0.2) is 24.8 Å². The smallest absolute Gasteiger partial charge is 0.240 e. The first-order valence-electron chi connectivity index (χ1n) is 7.00. The first kappa shape index (κ1) is 16.4. The SMILES string of the molecule is CCc1noc(CNC(C)c2cccc(NS(C)(=O)=O)c2)n1. The van der Waals surface area contributed by atoms with Gasteiger partial charge in [-0.25, -0.2) is 8.42 Å². The molecule has 0 amide bonds. The Morgan fingerprint density at radius 3 is 2.77 bits per heavy atom. The van der Waals surface area contributed by atoms with E-state index >= 15 is 0 Å². The van der Waals surface area contributed by atoms with Crippen LogP contribution in [0.4, 0.5) is 5.69 Å². The lowest BCUT2D eigenvalue weighted by Crippen LogP contribution is -2.18. The first-order chi connectivity index (χ1) is 10.4. The summed E-state index contributed by atoms with van der Waals surface area (Å²) in [5.41, 5.74) is 1.50. The third kappa shape index (κ3) is 4.81. The van der Waals surface area contributed by atoms with E-state index in [4.69, 9.17) is 4.52 Å². The van der Waals surface area contributed by atoms with Gasteiger partial charge in [-0.2, -0.15) is 4.98 Å². The quantitative estimate of drug-likeness (QED) is 0.807. The molecule has 0 bridgehead atoms. The zero-order chi connectivity index (χ0) is 16.2. The summed E-state index contributed by atoms with van der Waals surface area (Å²) in [5, 5.41) is 7.11. The average Bonchev–Trinajstić information content (AvgIpc) is 2.91. The fourth-order valence-electron chi connectivity index (χ4n) is 1.95. The molecule has 0 radical (unpaired) electrons. The molecular weight excluding hydrogens is 304 g/mol. The Morgan fingerprint density at radius 2 is 2.14 bits per heavy atom. The molecule has 0 saturated carbocycles. The van der Waals surface area contributed by atoms with Crippen LogP contribution >= 0.6 is 0 Å². The number of aromatic nitrogens is 2. The summed E-state index contributed by atoms with van der Waals surface area (Å²) < 4.78 is 30.1. The number of hydrogen-bond acceptors (Lipinski definition) is 6. The lowest BCUT2D eigenvalue weighted by molar-refractivity contribution is 0.356. The molecule has 22 heavy (non-hydrogen) atoms. The summed E-state index contributed by atoms with van der Waals surface area (Å²) in [6.45, 7) is 4.40. The van der Waals surface area contributed by atoms with Crippen molar-refractivity contribution in [2.45, 2.75) is 32.9 Å². The number of hydrogen-bond donors (Lipinski definition) is 2. The van der Waals surface area contributed by atoms with Gasteiger partial charge in [-0.05, 0) is 24.6 Å². The van der Waals surface area contributed by atoms with E-state index < -0.39 is 10.0 Å². The molecule has 2 rings (SSSR count). The number of nitrogens with zero attached hydrogens (tertiary/aromatic N) is 2. The highest BCUT2D eigenvalue weighted by Crippen LogP contribution is 2.18. The number of aryl methyl sites for hydroxylation is 1. The summed E-state index contributed by atoms with van der Waals surface area (Å²) in [5.74, 6) is 1.22. The van der Waals surface area contributed by atoms with Crippen molar-refractivity contribution in [1.82, 2.24) is 15.5 Å². The summed E-state index contributed by atoms with van der Waals surface area (Å²) in [7, 11) is -3.28. The largest absolute Gasteiger partial charge is 0.338 e. The second-order valence-electron chi connectivity index (χ2n) is 5.06. The zero-order valence-corrected chi connectivity index (χ0v) is 13.6. The van der Waals surface area contributed by atoms with Gasteiger partial charge in [-0.1, -0.05) is 24.2 Å². The maximum Gasteiger partial charge on any atom is 0.240 e. The van der Waals surface area contributed by atoms with Crippen molar-refractivity contribution in [2.24, 2.45) is 0 Å². The van der Waals surface area contributed by atoms with Crippen molar-refractivity contribution in [2.75, 3.05) is 11.0 Å². The van der Waals surface area contributed by atoms with Crippen LogP contribution < -0.4 is 10.0 Å². The van der Waals surface area contributed by atoms with E-state index in [9.17, 15) is 8.42 Å². The highest BCUT2D eigenvalue weighted by atomic mass is 32.2. The molecule has 0 aliphatic carbocycles. The van der Waals surface area contributed by atoms with E-state index in [1.54, 1.807) is 12.1 Å². The Kier molecular flexibility index (Phi) is 5.15. The second kappa shape index (κ2) is 6.89. The first-order valence-corrected chi connectivity index (χ1v) is 8.89. The molecule has 0 fully saturated rings. The van der Waals surface area contributed by atoms with Gasteiger partial charge in [0.15, 0.2) is 5.82 Å². The van der Waals surface area contributed by atoms with Crippen LogP contribution in [0.15, 0.2) is 28.8 Å². The summed E-state index contributed by atoms with van der Waals surface area (Å²) in [6.07, 6.45) is 1.86. The van der Waals surface area contributed by atoms with Gasteiger partial charge < -0.3 is 9.84 Å². The summed E-state index contributed by atoms with van der Waals surface area (Å²) in [6, 6.07) is 7.25. The fraction of sp³-hybridized carbons (Fsp3) is 0.429. The molecule has 1 unspecified atom stereocenters. The van der Waals surface area contributed by atoms with Gasteiger partial charge >= 0.3 is 0 Å². The molecule has 7 nitrogen and oxygen atoms in total. The molecule has 1 aromatic carbocycles. The highest BCUT2D eigenvalue weighted by Gasteiger charge is 2.10. The van der Waals surface area contributed by atoms with E-state index in [-0.39, 0.29) is 6.04 Å². The van der Waals surface area contributed by atoms with E-state index in [0.717, 1.165) is 18.2 Å². The number of nitrogens with one attached hydrogen (secondary N) is 2. The second-order valence-corrected chi connectivity index (χ2v) is 6.81. The van der Waals surface area contributed by atoms with Gasteiger partial charge in [-0.15, -0.1) is 0 Å². The Bertz CT molecular complexity index is 727. The molecule has 8 heteroatoms. The van der Waals surface area contributed by atoms with Gasteiger partial charge in [-0.3, -0.25) is 4.72 Å². The topological polar surface area (TPSA) is 97.1 Å². The van der Waals surface area contributed by atoms with Crippen molar-refractivity contribution in [3.63, 3.8) is 0 Å². The Morgan fingerprint density at radius 1 is 1.36 bits per heavy atom. The van der Waals surface area contributed by atoms with Crippen LogP contribution in [0, 0.1) is 0 Å². The van der Waals surface area contributed by atoms with E-state index in [1.807, 2.05) is 26.0 Å². The Balaban J connectivity index is 1.99. The predicted molar refractivity (Wildman–Crippen MR) is 83.8 cm³/mol. The van der Waals surface area contributed by atoms with Crippen LogP contribution in [0.1, 0.15) is 37.2 Å². The Labute approximate surface area is 130 Å². The number of sulfonamides is 1. The maximum atomic E-state index is 11.3. The molecule has 0 saturated heterocycles. The van der Waals surface area contributed by atoms with Crippen molar-refractivity contribution >= 4 is 15.7 Å². The molecule has 0 aliphatic rings. The van der Waals surface area contributed by atoms with Crippen LogP contribution in [0.3, 0.4) is 0 Å². The molecule has 2 aromatic rings. The predicted octanol–water partition coefficient (Wildman–Crippen LogP) is 1.85. The van der Waals surface area contributed by atoms with E-state index in [0.29, 0.717) is 23.9 Å². The molecule has 0 aliphatic heterocycles. The number of anilines is 1. The van der Waals surface area contributed by atoms with Crippen LogP contribution in [0.25, 0.3) is 0 Å².